The van der Waals surface area contributed by atoms with E-state index in [1.165, 1.54) is 0 Å². The van der Waals surface area contributed by atoms with Crippen LogP contribution in [-0.2, 0) is 0 Å². The van der Waals surface area contributed by atoms with E-state index in [1.807, 2.05) is 218 Å². The van der Waals surface area contributed by atoms with Crippen molar-refractivity contribution in [3.8, 4) is 159 Å². The van der Waals surface area contributed by atoms with Gasteiger partial charge in [0.15, 0.2) is 46.3 Å². The molecule has 15 aromatic carbocycles. The third kappa shape index (κ3) is 12.4. The quantitative estimate of drug-likeness (QED) is 0.0979. The van der Waals surface area contributed by atoms with Crippen molar-refractivity contribution < 1.29 is 0 Å². The summed E-state index contributed by atoms with van der Waals surface area (Å²) in [5.41, 5.74) is 24.4. The van der Waals surface area contributed by atoms with Gasteiger partial charge >= 0.3 is 0 Å². The van der Waals surface area contributed by atoms with Gasteiger partial charge in [-0.2, -0.15) is 10.5 Å². The molecule has 0 bridgehead atoms. The van der Waals surface area contributed by atoms with E-state index in [0.29, 0.717) is 57.4 Å². The maximum Gasteiger partial charge on any atom is 0.187 e. The first-order valence-electron chi connectivity index (χ1n) is 36.5. The Morgan fingerprint density at radius 1 is 0.223 bits per heavy atom. The van der Waals surface area contributed by atoms with E-state index in [0.717, 1.165) is 155 Å². The maximum absolute atomic E-state index is 9.77. The lowest BCUT2D eigenvalue weighted by molar-refractivity contribution is 1.07. The normalized spacial score (nSPS) is 11.2. The van der Waals surface area contributed by atoms with Crippen molar-refractivity contribution in [2.45, 2.75) is 0 Å². The average molecular weight is 1430 g/mol. The number of nitriles is 2. The van der Waals surface area contributed by atoms with Crippen molar-refractivity contribution in [3.05, 3.63) is 386 Å². The van der Waals surface area contributed by atoms with Crippen LogP contribution >= 0.6 is 0 Å². The summed E-state index contributed by atoms with van der Waals surface area (Å²) in [6, 6.07) is 124. The molecule has 12 heteroatoms. The van der Waals surface area contributed by atoms with Gasteiger partial charge in [0, 0.05) is 66.3 Å². The zero-order chi connectivity index (χ0) is 75.2. The molecule has 0 radical (unpaired) electrons. The minimum absolute atomic E-state index is 0.473. The highest BCUT2D eigenvalue weighted by Crippen LogP contribution is 2.45. The number of fused-ring (bicyclic) bond motifs is 6. The van der Waals surface area contributed by atoms with Gasteiger partial charge < -0.3 is 9.13 Å². The lowest BCUT2D eigenvalue weighted by atomic mass is 9.92. The number of aromatic nitrogens is 8. The van der Waals surface area contributed by atoms with Gasteiger partial charge in [0.2, 0.25) is 0 Å². The number of rotatable bonds is 14. The van der Waals surface area contributed by atoms with Crippen molar-refractivity contribution >= 4 is 55.0 Å². The third-order valence-corrected chi connectivity index (χ3v) is 20.8. The summed E-state index contributed by atoms with van der Waals surface area (Å²) in [5, 5.41) is 23.7. The number of nitrogens with zero attached hydrogens (tertiary/aromatic N) is 12. The summed E-state index contributed by atoms with van der Waals surface area (Å²) in [4.78, 5) is 39.6. The van der Waals surface area contributed by atoms with Crippen molar-refractivity contribution in [2.24, 2.45) is 0 Å². The SMILES string of the molecule is [C-]#[N+]c1ccc(-c2ccc3c(c2)c2cc(-c4ccc([N+]#[C-])cc4)ccc2n3-c2ccc(-c3cccc(-c4ccc(-n5c6ccc(-c7ccc(C#N)cc7)cc6c6cc(-c7ccc(C#N)cc7)ccc65)cc4-c4nc(-c5ccccc5)nc(-c5ccccc5)n4)c3)c(-c3nc(-c4ccccc4)nc(-c4ccccc4)n3)c2)cc1. The standard InChI is InChI=1S/C100H58N12/c1-103-79-42-34-67(35-43-79)75-40-52-93-87(57-75)88-58-76(68-36-44-80(104-2)45-37-68)41-53-94(88)112(93)82-47-49-84(90(60-82)100-109-97(71-20-11-5-12-21-71)106-98(110-100)72-22-13-6-14-23-72)78-25-15-24-77(54-78)83-48-46-81(59-89(83)99-107-95(69-16-7-3-8-17-69)105-96(108-99)70-18-9-4-10-19-70)111-91-50-38-73(65-30-26-63(61-101)27-31-65)55-85(91)86-56-74(39-51-92(86)111)66-32-28-64(62-102)29-33-66/h3-60H. The number of hydrogen-bond donors (Lipinski definition) is 0. The van der Waals surface area contributed by atoms with Gasteiger partial charge in [0.1, 0.15) is 0 Å². The molecule has 19 aromatic rings. The summed E-state index contributed by atoms with van der Waals surface area (Å²) in [6.07, 6.45) is 0. The van der Waals surface area contributed by atoms with Crippen LogP contribution in [0.2, 0.25) is 0 Å². The summed E-state index contributed by atoms with van der Waals surface area (Å²) in [7, 11) is 0. The van der Waals surface area contributed by atoms with E-state index >= 15 is 0 Å². The smallest absolute Gasteiger partial charge is 0.187 e. The molecule has 518 valence electrons. The minimum Gasteiger partial charge on any atom is -0.309 e. The van der Waals surface area contributed by atoms with Crippen LogP contribution in [-0.4, -0.2) is 39.0 Å². The van der Waals surface area contributed by atoms with Crippen LogP contribution in [0.5, 0.6) is 0 Å². The molecular formula is C100H58N12. The van der Waals surface area contributed by atoms with E-state index < -0.39 is 0 Å². The molecule has 0 N–H and O–H groups in total. The topological polar surface area (TPSA) is 144 Å². The average Bonchev–Trinajstić information content (AvgIpc) is 1.58. The summed E-state index contributed by atoms with van der Waals surface area (Å²) in [5.74, 6) is 3.03. The second-order valence-corrected chi connectivity index (χ2v) is 27.4. The molecule has 12 nitrogen and oxygen atoms in total. The lowest BCUT2D eigenvalue weighted by Crippen LogP contribution is -2.03. The lowest BCUT2D eigenvalue weighted by Gasteiger charge is -2.18. The zero-order valence-corrected chi connectivity index (χ0v) is 59.9. The Labute approximate surface area is 645 Å². The third-order valence-electron chi connectivity index (χ3n) is 20.8. The van der Waals surface area contributed by atoms with Crippen LogP contribution in [0, 0.1) is 35.8 Å². The number of hydrogen-bond acceptors (Lipinski definition) is 8. The second-order valence-electron chi connectivity index (χ2n) is 27.4. The summed E-state index contributed by atoms with van der Waals surface area (Å²) in [6.45, 7) is 15.4. The van der Waals surface area contributed by atoms with Gasteiger partial charge in [-0.1, -0.05) is 249 Å². The van der Waals surface area contributed by atoms with Gasteiger partial charge in [-0.25, -0.2) is 39.6 Å². The fourth-order valence-electron chi connectivity index (χ4n) is 15.2. The van der Waals surface area contributed by atoms with Crippen molar-refractivity contribution in [1.29, 1.82) is 10.5 Å². The maximum atomic E-state index is 9.77. The highest BCUT2D eigenvalue weighted by atomic mass is 15.1. The first-order valence-corrected chi connectivity index (χ1v) is 36.5. The van der Waals surface area contributed by atoms with Gasteiger partial charge in [-0.3, -0.25) is 0 Å². The Kier molecular flexibility index (Phi) is 16.8. The van der Waals surface area contributed by atoms with Crippen molar-refractivity contribution in [2.75, 3.05) is 0 Å². The molecule has 4 aromatic heterocycles. The first kappa shape index (κ1) is 66.6. The molecule has 0 fully saturated rings. The molecule has 0 aliphatic rings. The first-order chi connectivity index (χ1) is 55.3. The molecule has 0 amide bonds. The Morgan fingerprint density at radius 2 is 0.491 bits per heavy atom. The highest BCUT2D eigenvalue weighted by molar-refractivity contribution is 6.13. The molecule has 19 rings (SSSR count). The van der Waals surface area contributed by atoms with Gasteiger partial charge in [0.05, 0.1) is 58.5 Å². The molecule has 0 saturated heterocycles. The van der Waals surface area contributed by atoms with Gasteiger partial charge in [0.25, 0.3) is 0 Å². The Morgan fingerprint density at radius 3 is 0.777 bits per heavy atom. The highest BCUT2D eigenvalue weighted by Gasteiger charge is 2.25. The van der Waals surface area contributed by atoms with Crippen molar-refractivity contribution in [3.63, 3.8) is 0 Å². The Balaban J connectivity index is 0.836. The fraction of sp³-hybridized carbons (Fsp3) is 0. The van der Waals surface area contributed by atoms with Gasteiger partial charge in [-0.05, 0) is 170 Å². The molecule has 0 spiro atoms. The van der Waals surface area contributed by atoms with Crippen LogP contribution in [0.1, 0.15) is 11.1 Å². The molecule has 0 unspecified atom stereocenters. The molecular weight excluding hydrogens is 1370 g/mol. The molecule has 112 heavy (non-hydrogen) atoms. The van der Waals surface area contributed by atoms with E-state index in [2.05, 4.69) is 164 Å². The van der Waals surface area contributed by atoms with E-state index in [1.54, 1.807) is 0 Å². The predicted molar refractivity (Wildman–Crippen MR) is 449 cm³/mol. The predicted octanol–water partition coefficient (Wildman–Crippen LogP) is 25.1. The van der Waals surface area contributed by atoms with Crippen LogP contribution < -0.4 is 0 Å². The van der Waals surface area contributed by atoms with Crippen LogP contribution in [0.15, 0.2) is 352 Å². The molecule has 4 heterocycles. The monoisotopic (exact) mass is 1430 g/mol. The largest absolute Gasteiger partial charge is 0.309 e. The molecule has 0 aliphatic heterocycles. The zero-order valence-electron chi connectivity index (χ0n) is 59.9. The number of benzene rings is 15. The Bertz CT molecular complexity index is 6340. The fourth-order valence-corrected chi connectivity index (χ4v) is 15.2. The van der Waals surface area contributed by atoms with Crippen LogP contribution in [0.25, 0.3) is 200 Å². The van der Waals surface area contributed by atoms with Crippen molar-refractivity contribution in [1.82, 2.24) is 39.0 Å². The van der Waals surface area contributed by atoms with E-state index in [4.69, 9.17) is 43.0 Å². The summed E-state index contributed by atoms with van der Waals surface area (Å²) < 4.78 is 4.63. The van der Waals surface area contributed by atoms with Crippen LogP contribution in [0.4, 0.5) is 11.4 Å². The van der Waals surface area contributed by atoms with Gasteiger partial charge in [-0.15, -0.1) is 0 Å². The molecule has 0 aliphatic carbocycles. The van der Waals surface area contributed by atoms with E-state index in [-0.39, 0.29) is 0 Å². The summed E-state index contributed by atoms with van der Waals surface area (Å²) >= 11 is 0. The molecule has 0 atom stereocenters. The van der Waals surface area contributed by atoms with E-state index in [9.17, 15) is 10.5 Å². The molecule has 0 saturated carbocycles. The van der Waals surface area contributed by atoms with Crippen LogP contribution in [0.3, 0.4) is 0 Å². The minimum atomic E-state index is 0.473. The second kappa shape index (κ2) is 28.3. The Hall–Kier alpha value is -16.1.